The minimum Gasteiger partial charge on any atom is -0.337 e. The number of nitrogens with zero attached hydrogens (tertiary/aromatic N) is 3. The van der Waals surface area contributed by atoms with Crippen molar-refractivity contribution in [3.05, 3.63) is 71.3 Å². The summed E-state index contributed by atoms with van der Waals surface area (Å²) in [6, 6.07) is 0.924. The van der Waals surface area contributed by atoms with Gasteiger partial charge in [0.15, 0.2) is 5.65 Å². The first-order valence-corrected chi connectivity index (χ1v) is 11.4. The molecule has 1 aliphatic heterocycles. The lowest BCUT2D eigenvalue weighted by Gasteiger charge is -2.34. The first-order valence-electron chi connectivity index (χ1n) is 11.4. The van der Waals surface area contributed by atoms with E-state index < -0.39 is 29.5 Å². The van der Waals surface area contributed by atoms with Gasteiger partial charge in [0.2, 0.25) is 11.7 Å². The number of fused-ring (bicyclic) bond motifs is 2. The smallest absolute Gasteiger partial charge is 0.289 e. The van der Waals surface area contributed by atoms with Gasteiger partial charge in [-0.3, -0.25) is 14.7 Å². The van der Waals surface area contributed by atoms with E-state index in [0.29, 0.717) is 17.3 Å². The minimum atomic E-state index is -0.963. The van der Waals surface area contributed by atoms with Gasteiger partial charge in [0.25, 0.3) is 5.91 Å². The van der Waals surface area contributed by atoms with Gasteiger partial charge in [0.05, 0.1) is 16.8 Å². The van der Waals surface area contributed by atoms with Crippen LogP contribution in [0.2, 0.25) is 0 Å². The predicted octanol–water partition coefficient (Wildman–Crippen LogP) is 3.72. The van der Waals surface area contributed by atoms with Gasteiger partial charge >= 0.3 is 0 Å². The molecule has 8 nitrogen and oxygen atoms in total. The summed E-state index contributed by atoms with van der Waals surface area (Å²) < 4.78 is 27.7. The number of aryl methyl sites for hydroxylation is 1. The molecule has 2 aromatic heterocycles. The summed E-state index contributed by atoms with van der Waals surface area (Å²) in [4.78, 5) is 34.0. The summed E-state index contributed by atoms with van der Waals surface area (Å²) in [7, 11) is 0. The average molecular weight is 479 g/mol. The Kier molecular flexibility index (Phi) is 5.66. The summed E-state index contributed by atoms with van der Waals surface area (Å²) in [6.45, 7) is 4.27. The van der Waals surface area contributed by atoms with Crippen LogP contribution in [-0.4, -0.2) is 38.0 Å². The number of carbonyl (C=O) groups is 2. The fourth-order valence-corrected chi connectivity index (χ4v) is 4.77. The van der Waals surface area contributed by atoms with Crippen LogP contribution in [-0.2, 0) is 16.6 Å². The van der Waals surface area contributed by atoms with Gasteiger partial charge in [-0.25, -0.2) is 18.7 Å². The van der Waals surface area contributed by atoms with E-state index in [1.54, 1.807) is 6.20 Å². The van der Waals surface area contributed by atoms with E-state index >= 15 is 0 Å². The highest BCUT2D eigenvalue weighted by molar-refractivity contribution is 6.01. The van der Waals surface area contributed by atoms with Crippen LogP contribution >= 0.6 is 0 Å². The lowest BCUT2D eigenvalue weighted by molar-refractivity contribution is -0.118. The SMILES string of the molecule is CC(C)C1(c2[nH]nc3nc(C(=O)N[C@H]4CCc5cc(F)cc(F)c5NC4=O)ncc23)C=CC=CC1. The number of carbonyl (C=O) groups excluding carboxylic acids is 2. The molecule has 0 radical (unpaired) electrons. The Hall–Kier alpha value is -3.95. The standard InChI is InChI=1S/C25H24F2N6O2/c1-13(2)25(8-4-3-5-9-25)20-16-12-28-22(31-21(16)33-32-20)24(35)29-18-7-6-14-10-15(26)11-17(27)19(14)30-23(18)34/h3-5,8,10-13,18H,6-7,9H2,1-2H3,(H,29,35)(H,30,34)(H,28,31,32,33)/t18-,25?/m0/s1. The number of benzene rings is 1. The number of hydrogen-bond donors (Lipinski definition) is 3. The molecule has 2 aliphatic rings. The molecule has 2 atom stereocenters. The van der Waals surface area contributed by atoms with Gasteiger partial charge in [0, 0.05) is 17.7 Å². The first-order chi connectivity index (χ1) is 16.8. The molecule has 0 saturated carbocycles. The highest BCUT2D eigenvalue weighted by atomic mass is 19.1. The molecule has 1 aromatic carbocycles. The highest BCUT2D eigenvalue weighted by Crippen LogP contribution is 2.41. The lowest BCUT2D eigenvalue weighted by Crippen LogP contribution is -2.43. The number of aromatic nitrogens is 4. The van der Waals surface area contributed by atoms with Crippen molar-refractivity contribution in [1.29, 1.82) is 0 Å². The van der Waals surface area contributed by atoms with Gasteiger partial charge < -0.3 is 10.6 Å². The predicted molar refractivity (Wildman–Crippen MR) is 126 cm³/mol. The zero-order valence-corrected chi connectivity index (χ0v) is 19.2. The van der Waals surface area contributed by atoms with E-state index in [9.17, 15) is 18.4 Å². The summed E-state index contributed by atoms with van der Waals surface area (Å²) in [5.74, 6) is -2.70. The van der Waals surface area contributed by atoms with Crippen LogP contribution in [0.3, 0.4) is 0 Å². The number of allylic oxidation sites excluding steroid dienone is 4. The minimum absolute atomic E-state index is 0.0689. The number of rotatable bonds is 4. The van der Waals surface area contributed by atoms with Crippen molar-refractivity contribution >= 4 is 28.5 Å². The Labute approximate surface area is 199 Å². The number of aromatic amines is 1. The van der Waals surface area contributed by atoms with Gasteiger partial charge in [-0.05, 0) is 36.8 Å². The highest BCUT2D eigenvalue weighted by Gasteiger charge is 2.37. The van der Waals surface area contributed by atoms with E-state index in [1.807, 2.05) is 12.2 Å². The topological polar surface area (TPSA) is 113 Å². The maximum Gasteiger partial charge on any atom is 0.289 e. The second-order valence-corrected chi connectivity index (χ2v) is 9.19. The second-order valence-electron chi connectivity index (χ2n) is 9.19. The zero-order chi connectivity index (χ0) is 24.7. The van der Waals surface area contributed by atoms with Crippen molar-refractivity contribution in [2.24, 2.45) is 5.92 Å². The number of anilines is 1. The first kappa shape index (κ1) is 22.8. The number of nitrogens with one attached hydrogen (secondary N) is 3. The largest absolute Gasteiger partial charge is 0.337 e. The van der Waals surface area contributed by atoms with Crippen LogP contribution in [0, 0.1) is 17.6 Å². The molecule has 2 amide bonds. The molecule has 0 fully saturated rings. The molecular formula is C25H24F2N6O2. The normalized spacial score (nSPS) is 21.6. The van der Waals surface area contributed by atoms with Crippen molar-refractivity contribution in [2.45, 2.75) is 44.6 Å². The van der Waals surface area contributed by atoms with Gasteiger partial charge in [-0.15, -0.1) is 0 Å². The van der Waals surface area contributed by atoms with Crippen LogP contribution < -0.4 is 10.6 Å². The van der Waals surface area contributed by atoms with Gasteiger partial charge in [-0.2, -0.15) is 5.10 Å². The Balaban J connectivity index is 1.37. The fourth-order valence-electron chi connectivity index (χ4n) is 4.77. The van der Waals surface area contributed by atoms with Crippen molar-refractivity contribution < 1.29 is 18.4 Å². The average Bonchev–Trinajstić information content (AvgIpc) is 3.20. The second kappa shape index (κ2) is 8.68. The molecule has 35 heavy (non-hydrogen) atoms. The van der Waals surface area contributed by atoms with Crippen LogP contribution in [0.1, 0.15) is 48.6 Å². The molecule has 5 rings (SSSR count). The summed E-state index contributed by atoms with van der Waals surface area (Å²) in [5.41, 5.74) is 1.20. The molecule has 3 aromatic rings. The molecule has 0 bridgehead atoms. The van der Waals surface area contributed by atoms with Crippen LogP contribution in [0.25, 0.3) is 11.0 Å². The van der Waals surface area contributed by atoms with E-state index in [1.165, 1.54) is 6.07 Å². The number of H-pyrrole nitrogens is 1. The van der Waals surface area contributed by atoms with Crippen LogP contribution in [0.4, 0.5) is 14.5 Å². The number of halogens is 2. The molecule has 1 aliphatic carbocycles. The van der Waals surface area contributed by atoms with E-state index in [0.717, 1.165) is 17.5 Å². The summed E-state index contributed by atoms with van der Waals surface area (Å²) >= 11 is 0. The zero-order valence-electron chi connectivity index (χ0n) is 19.2. The molecule has 0 saturated heterocycles. The van der Waals surface area contributed by atoms with Crippen molar-refractivity contribution in [1.82, 2.24) is 25.5 Å². The van der Waals surface area contributed by atoms with Crippen LogP contribution in [0.15, 0.2) is 42.6 Å². The van der Waals surface area contributed by atoms with Crippen LogP contribution in [0.5, 0.6) is 0 Å². The molecule has 1 unspecified atom stereocenters. The molecular weight excluding hydrogens is 454 g/mol. The molecule has 10 heteroatoms. The molecule has 3 N–H and O–H groups in total. The van der Waals surface area contributed by atoms with Crippen molar-refractivity contribution in [3.63, 3.8) is 0 Å². The number of hydrogen-bond acceptors (Lipinski definition) is 5. The van der Waals surface area contributed by atoms with E-state index in [4.69, 9.17) is 0 Å². The Morgan fingerprint density at radius 1 is 1.26 bits per heavy atom. The lowest BCUT2D eigenvalue weighted by atomic mass is 9.69. The molecule has 0 spiro atoms. The monoisotopic (exact) mass is 478 g/mol. The summed E-state index contributed by atoms with van der Waals surface area (Å²) in [5, 5.41) is 13.2. The molecule has 3 heterocycles. The van der Waals surface area contributed by atoms with Crippen molar-refractivity contribution in [3.8, 4) is 0 Å². The third-order valence-electron chi connectivity index (χ3n) is 6.82. The third-order valence-corrected chi connectivity index (χ3v) is 6.82. The Morgan fingerprint density at radius 3 is 2.83 bits per heavy atom. The molecule has 180 valence electrons. The van der Waals surface area contributed by atoms with Gasteiger partial charge in [0.1, 0.15) is 17.7 Å². The Bertz CT molecular complexity index is 1400. The third kappa shape index (κ3) is 3.98. The summed E-state index contributed by atoms with van der Waals surface area (Å²) in [6.07, 6.45) is 11.0. The van der Waals surface area contributed by atoms with E-state index in [-0.39, 0.29) is 35.7 Å². The number of amides is 2. The maximum absolute atomic E-state index is 14.1. The Morgan fingerprint density at radius 2 is 2.09 bits per heavy atom. The quantitative estimate of drug-likeness (QED) is 0.529. The maximum atomic E-state index is 14.1. The van der Waals surface area contributed by atoms with Crippen molar-refractivity contribution in [2.75, 3.05) is 5.32 Å². The van der Waals surface area contributed by atoms with E-state index in [2.05, 4.69) is 56.8 Å². The fraction of sp³-hybridized carbons (Fsp3) is 0.320. The van der Waals surface area contributed by atoms with Gasteiger partial charge in [-0.1, -0.05) is 38.2 Å².